The lowest BCUT2D eigenvalue weighted by atomic mass is 10.3. The van der Waals surface area contributed by atoms with Gasteiger partial charge in [0.15, 0.2) is 0 Å². The number of halogens is 1. The van der Waals surface area contributed by atoms with Gasteiger partial charge in [0.2, 0.25) is 5.88 Å². The van der Waals surface area contributed by atoms with E-state index >= 15 is 0 Å². The van der Waals surface area contributed by atoms with Crippen molar-refractivity contribution in [1.29, 1.82) is 0 Å². The van der Waals surface area contributed by atoms with Gasteiger partial charge < -0.3 is 10.5 Å². The SMILES string of the molecule is COc1cc(N)n(-c2ccc(F)cc2)n1. The van der Waals surface area contributed by atoms with Crippen molar-refractivity contribution in [2.45, 2.75) is 0 Å². The molecular weight excluding hydrogens is 197 g/mol. The van der Waals surface area contributed by atoms with E-state index < -0.39 is 0 Å². The van der Waals surface area contributed by atoms with Crippen LogP contribution in [-0.4, -0.2) is 16.9 Å². The molecule has 0 bridgehead atoms. The van der Waals surface area contributed by atoms with Crippen LogP contribution in [0.25, 0.3) is 5.69 Å². The molecule has 2 aromatic rings. The molecule has 0 fully saturated rings. The van der Waals surface area contributed by atoms with E-state index in [1.165, 1.54) is 23.9 Å². The summed E-state index contributed by atoms with van der Waals surface area (Å²) < 4.78 is 19.1. The Hall–Kier alpha value is -2.04. The number of hydrogen-bond acceptors (Lipinski definition) is 3. The van der Waals surface area contributed by atoms with Gasteiger partial charge >= 0.3 is 0 Å². The summed E-state index contributed by atoms with van der Waals surface area (Å²) in [5, 5.41) is 4.08. The van der Waals surface area contributed by atoms with Crippen molar-refractivity contribution in [1.82, 2.24) is 9.78 Å². The van der Waals surface area contributed by atoms with Crippen molar-refractivity contribution in [3.8, 4) is 11.6 Å². The lowest BCUT2D eigenvalue weighted by Crippen LogP contribution is -2.01. The highest BCUT2D eigenvalue weighted by atomic mass is 19.1. The van der Waals surface area contributed by atoms with Gasteiger partial charge in [-0.15, -0.1) is 5.10 Å². The maximum absolute atomic E-state index is 12.7. The zero-order valence-corrected chi connectivity index (χ0v) is 8.14. The number of anilines is 1. The minimum atomic E-state index is -0.295. The van der Waals surface area contributed by atoms with Crippen molar-refractivity contribution in [2.24, 2.45) is 0 Å². The highest BCUT2D eigenvalue weighted by molar-refractivity contribution is 5.44. The van der Waals surface area contributed by atoms with Gasteiger partial charge in [-0.1, -0.05) is 0 Å². The number of nitrogen functional groups attached to an aromatic ring is 1. The molecule has 1 aromatic heterocycles. The van der Waals surface area contributed by atoms with Crippen LogP contribution in [0.1, 0.15) is 0 Å². The maximum atomic E-state index is 12.7. The van der Waals surface area contributed by atoms with Gasteiger partial charge in [-0.3, -0.25) is 0 Å². The van der Waals surface area contributed by atoms with E-state index in [9.17, 15) is 4.39 Å². The van der Waals surface area contributed by atoms with Gasteiger partial charge in [0, 0.05) is 6.07 Å². The second-order valence-electron chi connectivity index (χ2n) is 3.00. The zero-order chi connectivity index (χ0) is 10.8. The molecule has 0 aliphatic carbocycles. The lowest BCUT2D eigenvalue weighted by Gasteiger charge is -2.02. The van der Waals surface area contributed by atoms with Crippen molar-refractivity contribution in [3.63, 3.8) is 0 Å². The predicted molar refractivity (Wildman–Crippen MR) is 54.5 cm³/mol. The molecule has 4 nitrogen and oxygen atoms in total. The van der Waals surface area contributed by atoms with Crippen molar-refractivity contribution in [3.05, 3.63) is 36.1 Å². The number of benzene rings is 1. The van der Waals surface area contributed by atoms with Crippen LogP contribution in [0, 0.1) is 5.82 Å². The number of ether oxygens (including phenoxy) is 1. The molecule has 0 radical (unpaired) electrons. The molecule has 5 heteroatoms. The quantitative estimate of drug-likeness (QED) is 0.813. The first-order chi connectivity index (χ1) is 7.20. The van der Waals surface area contributed by atoms with E-state index in [4.69, 9.17) is 10.5 Å². The van der Waals surface area contributed by atoms with Crippen LogP contribution in [0.2, 0.25) is 0 Å². The van der Waals surface area contributed by atoms with Crippen molar-refractivity contribution in [2.75, 3.05) is 12.8 Å². The highest BCUT2D eigenvalue weighted by Gasteiger charge is 2.06. The number of methoxy groups -OCH3 is 1. The van der Waals surface area contributed by atoms with E-state index in [-0.39, 0.29) is 5.82 Å². The Morgan fingerprint density at radius 1 is 1.33 bits per heavy atom. The first-order valence-electron chi connectivity index (χ1n) is 4.36. The number of rotatable bonds is 2. The molecule has 0 amide bonds. The molecule has 0 saturated carbocycles. The average Bonchev–Trinajstić information content (AvgIpc) is 2.61. The predicted octanol–water partition coefficient (Wildman–Crippen LogP) is 1.60. The Morgan fingerprint density at radius 2 is 2.00 bits per heavy atom. The van der Waals surface area contributed by atoms with E-state index in [1.54, 1.807) is 18.2 Å². The molecule has 1 aromatic carbocycles. The molecule has 2 rings (SSSR count). The molecule has 2 N–H and O–H groups in total. The van der Waals surface area contributed by atoms with Gasteiger partial charge in [0.05, 0.1) is 12.8 Å². The summed E-state index contributed by atoms with van der Waals surface area (Å²) in [4.78, 5) is 0. The van der Waals surface area contributed by atoms with Gasteiger partial charge in [-0.2, -0.15) is 0 Å². The van der Waals surface area contributed by atoms with Gasteiger partial charge in [-0.25, -0.2) is 9.07 Å². The fraction of sp³-hybridized carbons (Fsp3) is 0.100. The van der Waals surface area contributed by atoms with Crippen LogP contribution in [0.5, 0.6) is 5.88 Å². The summed E-state index contributed by atoms with van der Waals surface area (Å²) in [7, 11) is 1.51. The average molecular weight is 207 g/mol. The largest absolute Gasteiger partial charge is 0.480 e. The number of nitrogens with two attached hydrogens (primary N) is 1. The molecule has 78 valence electrons. The fourth-order valence-corrected chi connectivity index (χ4v) is 1.26. The smallest absolute Gasteiger partial charge is 0.235 e. The number of hydrogen-bond donors (Lipinski definition) is 1. The topological polar surface area (TPSA) is 53.1 Å². The number of aromatic nitrogens is 2. The fourth-order valence-electron chi connectivity index (χ4n) is 1.26. The first-order valence-corrected chi connectivity index (χ1v) is 4.36. The molecule has 0 spiro atoms. The number of nitrogens with zero attached hydrogens (tertiary/aromatic N) is 2. The Morgan fingerprint density at radius 3 is 2.53 bits per heavy atom. The van der Waals surface area contributed by atoms with Crippen LogP contribution < -0.4 is 10.5 Å². The second kappa shape index (κ2) is 3.61. The minimum Gasteiger partial charge on any atom is -0.480 e. The van der Waals surface area contributed by atoms with Gasteiger partial charge in [0.1, 0.15) is 11.6 Å². The second-order valence-corrected chi connectivity index (χ2v) is 3.00. The summed E-state index contributed by atoms with van der Waals surface area (Å²) in [5.41, 5.74) is 6.41. The van der Waals surface area contributed by atoms with Crippen LogP contribution in [0.3, 0.4) is 0 Å². The third kappa shape index (κ3) is 1.76. The third-order valence-corrected chi connectivity index (χ3v) is 1.99. The minimum absolute atomic E-state index is 0.295. The van der Waals surface area contributed by atoms with E-state index in [0.717, 1.165) is 0 Å². The van der Waals surface area contributed by atoms with E-state index in [0.29, 0.717) is 17.4 Å². The lowest BCUT2D eigenvalue weighted by molar-refractivity contribution is 0.394. The van der Waals surface area contributed by atoms with Crippen LogP contribution in [0.4, 0.5) is 10.2 Å². The molecule has 0 atom stereocenters. The normalized spacial score (nSPS) is 10.3. The van der Waals surface area contributed by atoms with E-state index in [1.807, 2.05) is 0 Å². The monoisotopic (exact) mass is 207 g/mol. The first kappa shape index (κ1) is 9.51. The molecule has 1 heterocycles. The molecule has 0 unspecified atom stereocenters. The van der Waals surface area contributed by atoms with Crippen molar-refractivity contribution < 1.29 is 9.13 Å². The molecule has 0 saturated heterocycles. The van der Waals surface area contributed by atoms with Crippen LogP contribution in [0.15, 0.2) is 30.3 Å². The van der Waals surface area contributed by atoms with Gasteiger partial charge in [0.25, 0.3) is 0 Å². The summed E-state index contributed by atoms with van der Waals surface area (Å²) in [5.74, 6) is 0.576. The van der Waals surface area contributed by atoms with Crippen LogP contribution >= 0.6 is 0 Å². The van der Waals surface area contributed by atoms with E-state index in [2.05, 4.69) is 5.10 Å². The van der Waals surface area contributed by atoms with Crippen molar-refractivity contribution >= 4 is 5.82 Å². The Kier molecular flexibility index (Phi) is 2.29. The highest BCUT2D eigenvalue weighted by Crippen LogP contribution is 2.18. The standard InChI is InChI=1S/C10H10FN3O/c1-15-10-6-9(12)14(13-10)8-4-2-7(11)3-5-8/h2-6H,12H2,1H3. The van der Waals surface area contributed by atoms with Gasteiger partial charge in [-0.05, 0) is 24.3 Å². The third-order valence-electron chi connectivity index (χ3n) is 1.99. The summed E-state index contributed by atoms with van der Waals surface area (Å²) in [6.45, 7) is 0. The maximum Gasteiger partial charge on any atom is 0.235 e. The summed E-state index contributed by atoms with van der Waals surface area (Å²) in [6.07, 6.45) is 0. The molecular formula is C10H10FN3O. The summed E-state index contributed by atoms with van der Waals surface area (Å²) >= 11 is 0. The zero-order valence-electron chi connectivity index (χ0n) is 8.14. The Bertz CT molecular complexity index is 464. The van der Waals surface area contributed by atoms with Crippen LogP contribution in [-0.2, 0) is 0 Å². The molecule has 0 aliphatic heterocycles. The molecule has 15 heavy (non-hydrogen) atoms. The Balaban J connectivity index is 2.44. The molecule has 0 aliphatic rings. The Labute approximate surface area is 86.1 Å². The summed E-state index contributed by atoms with van der Waals surface area (Å²) in [6, 6.07) is 7.49.